The lowest BCUT2D eigenvalue weighted by Gasteiger charge is -2.04. The Morgan fingerprint density at radius 3 is 2.30 bits per heavy atom. The van der Waals surface area contributed by atoms with Crippen LogP contribution in [-0.2, 0) is 0 Å². The number of benzene rings is 2. The quantitative estimate of drug-likeness (QED) is 0.395. The topological polar surface area (TPSA) is 38.7 Å². The Hall–Kier alpha value is -2.13. The van der Waals surface area contributed by atoms with E-state index in [1.807, 2.05) is 36.4 Å². The molecule has 0 N–H and O–H groups in total. The van der Waals surface area contributed by atoms with Crippen LogP contribution in [0.25, 0.3) is 0 Å². The summed E-state index contributed by atoms with van der Waals surface area (Å²) in [7, 11) is 0. The van der Waals surface area contributed by atoms with E-state index in [9.17, 15) is 4.79 Å². The predicted octanol–water partition coefficient (Wildman–Crippen LogP) is 5.24. The van der Waals surface area contributed by atoms with Gasteiger partial charge in [-0.3, -0.25) is 9.79 Å². The maximum atomic E-state index is 11.2. The Labute approximate surface area is 143 Å². The number of Topliss-reactive ketones (excluding diaryl/α,β-unsaturated/α-hetero) is 1. The van der Waals surface area contributed by atoms with Gasteiger partial charge in [-0.15, -0.1) is 12.4 Å². The molecule has 2 rings (SSSR count). The molecule has 122 valence electrons. The van der Waals surface area contributed by atoms with Gasteiger partial charge in [-0.05, 0) is 67.4 Å². The number of ketones is 1. The molecule has 0 saturated heterocycles. The molecule has 0 radical (unpaired) electrons. The van der Waals surface area contributed by atoms with Gasteiger partial charge < -0.3 is 4.74 Å². The first-order valence-electron chi connectivity index (χ1n) is 7.57. The number of carbonyl (C=O) groups is 1. The van der Waals surface area contributed by atoms with Crippen molar-refractivity contribution in [1.82, 2.24) is 0 Å². The monoisotopic (exact) mass is 331 g/mol. The molecule has 0 atom stereocenters. The predicted molar refractivity (Wildman–Crippen MR) is 97.8 cm³/mol. The minimum atomic E-state index is 0. The average Bonchev–Trinajstić information content (AvgIpc) is 2.55. The van der Waals surface area contributed by atoms with Crippen LogP contribution in [0.3, 0.4) is 0 Å². The van der Waals surface area contributed by atoms with Crippen molar-refractivity contribution in [3.05, 3.63) is 59.7 Å². The standard InChI is InChI=1S/C19H21NO2.ClH/c1-3-4-13-22-19-11-5-16(6-12-19)14-20-18-9-7-17(8-10-18)15(2)21;/h5-12,14H,3-4,13H2,1-2H3;1H. The lowest BCUT2D eigenvalue weighted by atomic mass is 10.1. The van der Waals surface area contributed by atoms with Crippen LogP contribution in [-0.4, -0.2) is 18.6 Å². The van der Waals surface area contributed by atoms with Crippen LogP contribution in [0.1, 0.15) is 42.6 Å². The lowest BCUT2D eigenvalue weighted by molar-refractivity contribution is 0.101. The van der Waals surface area contributed by atoms with Crippen molar-refractivity contribution in [2.75, 3.05) is 6.61 Å². The molecule has 0 heterocycles. The Bertz CT molecular complexity index is 633. The fourth-order valence-electron chi connectivity index (χ4n) is 1.92. The van der Waals surface area contributed by atoms with Gasteiger partial charge in [0.1, 0.15) is 5.75 Å². The fourth-order valence-corrected chi connectivity index (χ4v) is 1.92. The SMILES string of the molecule is CCCCOc1ccc(C=Nc2ccc(C(C)=O)cc2)cc1.Cl. The zero-order chi connectivity index (χ0) is 15.8. The Kier molecular flexibility index (Phi) is 8.06. The first-order valence-corrected chi connectivity index (χ1v) is 7.57. The number of carbonyl (C=O) groups excluding carboxylic acids is 1. The highest BCUT2D eigenvalue weighted by atomic mass is 35.5. The van der Waals surface area contributed by atoms with Gasteiger partial charge in [0.05, 0.1) is 12.3 Å². The number of aliphatic imine (C=N–C) groups is 1. The lowest BCUT2D eigenvalue weighted by Crippen LogP contribution is -1.96. The first-order chi connectivity index (χ1) is 10.7. The molecular weight excluding hydrogens is 310 g/mol. The summed E-state index contributed by atoms with van der Waals surface area (Å²) in [6, 6.07) is 15.1. The molecule has 0 aromatic heterocycles. The second kappa shape index (κ2) is 9.80. The van der Waals surface area contributed by atoms with Crippen molar-refractivity contribution in [2.24, 2.45) is 4.99 Å². The summed E-state index contributed by atoms with van der Waals surface area (Å²) in [6.45, 7) is 4.46. The molecule has 0 spiro atoms. The van der Waals surface area contributed by atoms with E-state index < -0.39 is 0 Å². The number of rotatable bonds is 7. The molecule has 3 nitrogen and oxygen atoms in total. The summed E-state index contributed by atoms with van der Waals surface area (Å²) in [6.07, 6.45) is 4.01. The van der Waals surface area contributed by atoms with Gasteiger partial charge in [-0.25, -0.2) is 0 Å². The smallest absolute Gasteiger partial charge is 0.159 e. The Morgan fingerprint density at radius 2 is 1.74 bits per heavy atom. The van der Waals surface area contributed by atoms with Crippen LogP contribution in [0.5, 0.6) is 5.75 Å². The molecule has 4 heteroatoms. The molecule has 2 aromatic carbocycles. The molecule has 0 bridgehead atoms. The molecule has 23 heavy (non-hydrogen) atoms. The first kappa shape index (κ1) is 18.9. The highest BCUT2D eigenvalue weighted by molar-refractivity contribution is 5.94. The van der Waals surface area contributed by atoms with Crippen molar-refractivity contribution in [1.29, 1.82) is 0 Å². The molecule has 0 aliphatic heterocycles. The van der Waals surface area contributed by atoms with Crippen LogP contribution < -0.4 is 4.74 Å². The highest BCUT2D eigenvalue weighted by Gasteiger charge is 1.98. The van der Waals surface area contributed by atoms with E-state index in [0.717, 1.165) is 36.4 Å². The fraction of sp³-hybridized carbons (Fsp3) is 0.263. The summed E-state index contributed by atoms with van der Waals surface area (Å²) in [5.74, 6) is 0.950. The molecule has 0 aliphatic carbocycles. The van der Waals surface area contributed by atoms with E-state index >= 15 is 0 Å². The second-order valence-electron chi connectivity index (χ2n) is 5.13. The minimum absolute atomic E-state index is 0. The third-order valence-electron chi connectivity index (χ3n) is 3.28. The van der Waals surface area contributed by atoms with Gasteiger partial charge in [0.15, 0.2) is 5.78 Å². The maximum Gasteiger partial charge on any atom is 0.159 e. The highest BCUT2D eigenvalue weighted by Crippen LogP contribution is 2.15. The van der Waals surface area contributed by atoms with Gasteiger partial charge >= 0.3 is 0 Å². The largest absolute Gasteiger partial charge is 0.494 e. The molecule has 2 aromatic rings. The van der Waals surface area contributed by atoms with Crippen molar-refractivity contribution in [2.45, 2.75) is 26.7 Å². The van der Waals surface area contributed by atoms with Crippen molar-refractivity contribution in [3.63, 3.8) is 0 Å². The number of ether oxygens (including phenoxy) is 1. The van der Waals surface area contributed by atoms with E-state index in [0.29, 0.717) is 5.56 Å². The minimum Gasteiger partial charge on any atom is -0.494 e. The molecule has 0 fully saturated rings. The Morgan fingerprint density at radius 1 is 1.09 bits per heavy atom. The van der Waals surface area contributed by atoms with E-state index in [2.05, 4.69) is 11.9 Å². The summed E-state index contributed by atoms with van der Waals surface area (Å²) < 4.78 is 5.62. The van der Waals surface area contributed by atoms with E-state index in [-0.39, 0.29) is 18.2 Å². The Balaban J connectivity index is 0.00000264. The maximum absolute atomic E-state index is 11.2. The van der Waals surface area contributed by atoms with Crippen LogP contribution in [0, 0.1) is 0 Å². The van der Waals surface area contributed by atoms with Crippen LogP contribution >= 0.6 is 12.4 Å². The normalized spacial score (nSPS) is 10.3. The van der Waals surface area contributed by atoms with E-state index in [1.165, 1.54) is 0 Å². The van der Waals surface area contributed by atoms with Gasteiger partial charge in [0.2, 0.25) is 0 Å². The van der Waals surface area contributed by atoms with Crippen LogP contribution in [0.4, 0.5) is 5.69 Å². The van der Waals surface area contributed by atoms with Crippen molar-refractivity contribution < 1.29 is 9.53 Å². The number of nitrogens with zero attached hydrogens (tertiary/aromatic N) is 1. The van der Waals surface area contributed by atoms with Crippen LogP contribution in [0.15, 0.2) is 53.5 Å². The zero-order valence-corrected chi connectivity index (χ0v) is 14.3. The third-order valence-corrected chi connectivity index (χ3v) is 3.28. The summed E-state index contributed by atoms with van der Waals surface area (Å²) in [5, 5.41) is 0. The van der Waals surface area contributed by atoms with Gasteiger partial charge in [0.25, 0.3) is 0 Å². The summed E-state index contributed by atoms with van der Waals surface area (Å²) in [4.78, 5) is 15.6. The average molecular weight is 332 g/mol. The van der Waals surface area contributed by atoms with Crippen molar-refractivity contribution >= 4 is 30.1 Å². The number of hydrogen-bond donors (Lipinski definition) is 0. The molecule has 0 unspecified atom stereocenters. The van der Waals surface area contributed by atoms with Crippen LogP contribution in [0.2, 0.25) is 0 Å². The van der Waals surface area contributed by atoms with Gasteiger partial charge in [-0.1, -0.05) is 13.3 Å². The molecule has 0 aliphatic rings. The third kappa shape index (κ3) is 6.25. The van der Waals surface area contributed by atoms with Crippen molar-refractivity contribution in [3.8, 4) is 5.75 Å². The zero-order valence-electron chi connectivity index (χ0n) is 13.5. The van der Waals surface area contributed by atoms with E-state index in [4.69, 9.17) is 4.74 Å². The second-order valence-corrected chi connectivity index (χ2v) is 5.13. The molecule has 0 amide bonds. The summed E-state index contributed by atoms with van der Waals surface area (Å²) in [5.41, 5.74) is 2.54. The number of unbranched alkanes of at least 4 members (excludes halogenated alkanes) is 1. The molecular formula is C19H22ClNO2. The van der Waals surface area contributed by atoms with E-state index in [1.54, 1.807) is 25.3 Å². The number of hydrogen-bond acceptors (Lipinski definition) is 3. The van der Waals surface area contributed by atoms with Gasteiger partial charge in [0, 0.05) is 11.8 Å². The summed E-state index contributed by atoms with van der Waals surface area (Å²) >= 11 is 0. The number of halogens is 1. The molecule has 0 saturated carbocycles. The van der Waals surface area contributed by atoms with Gasteiger partial charge in [-0.2, -0.15) is 0 Å².